The Balaban J connectivity index is 1.96. The number of ether oxygens (including phenoxy) is 1. The highest BCUT2D eigenvalue weighted by atomic mass is 16.5. The summed E-state index contributed by atoms with van der Waals surface area (Å²) in [6.45, 7) is 0.0820. The second-order valence-corrected chi connectivity index (χ2v) is 6.39. The van der Waals surface area contributed by atoms with Crippen LogP contribution in [-0.2, 0) is 0 Å². The predicted molar refractivity (Wildman–Crippen MR) is 115 cm³/mol. The van der Waals surface area contributed by atoms with E-state index >= 15 is 0 Å². The number of benzene rings is 2. The predicted octanol–water partition coefficient (Wildman–Crippen LogP) is 2.14. The number of rotatable bonds is 6. The van der Waals surface area contributed by atoms with E-state index in [1.54, 1.807) is 42.2 Å². The van der Waals surface area contributed by atoms with E-state index in [0.717, 1.165) is 5.56 Å². The Bertz CT molecular complexity index is 1110. The fourth-order valence-electron chi connectivity index (χ4n) is 2.73. The van der Waals surface area contributed by atoms with Gasteiger partial charge in [-0.3, -0.25) is 4.99 Å². The van der Waals surface area contributed by atoms with Crippen molar-refractivity contribution >= 4 is 11.6 Å². The first-order valence-electron chi connectivity index (χ1n) is 9.20. The van der Waals surface area contributed by atoms with Crippen LogP contribution >= 0.6 is 0 Å². The molecule has 1 aromatic heterocycles. The van der Waals surface area contributed by atoms with Gasteiger partial charge in [0.05, 0.1) is 23.9 Å². The molecule has 1 heterocycles. The highest BCUT2D eigenvalue weighted by Crippen LogP contribution is 2.26. The molecule has 5 N–H and O–H groups in total. The zero-order chi connectivity index (χ0) is 21.5. The van der Waals surface area contributed by atoms with E-state index in [9.17, 15) is 10.4 Å². The zero-order valence-electron chi connectivity index (χ0n) is 16.4. The average molecular weight is 402 g/mol. The van der Waals surface area contributed by atoms with Crippen molar-refractivity contribution in [3.05, 3.63) is 83.7 Å². The Morgan fingerprint density at radius 2 is 2.10 bits per heavy atom. The minimum Gasteiger partial charge on any atom is -0.437 e. The monoisotopic (exact) mass is 402 g/mol. The van der Waals surface area contributed by atoms with Gasteiger partial charge >= 0.3 is 0 Å². The molecule has 8 heteroatoms. The topological polar surface area (TPSA) is 135 Å². The number of nitrogens with zero attached hydrogens (tertiary/aromatic N) is 4. The molecule has 1 atom stereocenters. The molecule has 0 aliphatic heterocycles. The first-order chi connectivity index (χ1) is 14.5. The van der Waals surface area contributed by atoms with Crippen LogP contribution in [0.25, 0.3) is 11.4 Å². The van der Waals surface area contributed by atoms with Gasteiger partial charge in [0.25, 0.3) is 0 Å². The van der Waals surface area contributed by atoms with Gasteiger partial charge in [0.2, 0.25) is 5.90 Å². The fourth-order valence-corrected chi connectivity index (χ4v) is 2.73. The Morgan fingerprint density at radius 3 is 2.77 bits per heavy atom. The molecule has 0 saturated heterocycles. The normalized spacial score (nSPS) is 13.0. The maximum atomic E-state index is 9.94. The van der Waals surface area contributed by atoms with Crippen LogP contribution in [0, 0.1) is 11.3 Å². The van der Waals surface area contributed by atoms with E-state index in [1.807, 2.05) is 30.3 Å². The summed E-state index contributed by atoms with van der Waals surface area (Å²) >= 11 is 0. The zero-order valence-corrected chi connectivity index (χ0v) is 16.4. The van der Waals surface area contributed by atoms with Crippen LogP contribution in [0.15, 0.2) is 72.0 Å². The third kappa shape index (κ3) is 4.72. The van der Waals surface area contributed by atoms with E-state index in [-0.39, 0.29) is 12.4 Å². The van der Waals surface area contributed by atoms with Gasteiger partial charge in [-0.05, 0) is 17.7 Å². The molecule has 0 saturated carbocycles. The number of nitriles is 1. The highest BCUT2D eigenvalue weighted by molar-refractivity contribution is 5.96. The van der Waals surface area contributed by atoms with E-state index in [2.05, 4.69) is 16.2 Å². The molecule has 0 bridgehead atoms. The summed E-state index contributed by atoms with van der Waals surface area (Å²) < 4.78 is 7.52. The van der Waals surface area contributed by atoms with Gasteiger partial charge in [0.1, 0.15) is 5.69 Å². The quantitative estimate of drug-likeness (QED) is 0.427. The molecule has 0 amide bonds. The standard InChI is InChI=1S/C22H22N6O2/c1-26-22(10-18(25)16-5-3-2-4-6-16)30-21-9-15(11-23)7-8-19(21)28-14-17(13-27-28)20(29)12-24/h2-10,13-14,20,29H,12,24-25H2,1H3. The minimum atomic E-state index is -0.817. The second-order valence-electron chi connectivity index (χ2n) is 6.39. The van der Waals surface area contributed by atoms with Crippen molar-refractivity contribution in [1.82, 2.24) is 9.78 Å². The summed E-state index contributed by atoms with van der Waals surface area (Å²) in [5.41, 5.74) is 14.6. The lowest BCUT2D eigenvalue weighted by Crippen LogP contribution is -2.11. The van der Waals surface area contributed by atoms with Crippen LogP contribution in [0.3, 0.4) is 0 Å². The Hall–Kier alpha value is -3.93. The number of aliphatic hydroxyl groups is 1. The van der Waals surface area contributed by atoms with Crippen molar-refractivity contribution in [1.29, 1.82) is 5.26 Å². The summed E-state index contributed by atoms with van der Waals surface area (Å²) in [5, 5.41) is 23.5. The van der Waals surface area contributed by atoms with Crippen molar-refractivity contribution in [2.75, 3.05) is 13.6 Å². The SMILES string of the molecule is CN=C(C=C(N)c1ccccc1)Oc1cc(C#N)ccc1-n1cc(C(O)CN)cn1. The van der Waals surface area contributed by atoms with E-state index < -0.39 is 6.10 Å². The van der Waals surface area contributed by atoms with Gasteiger partial charge < -0.3 is 21.3 Å². The fraction of sp³-hybridized carbons (Fsp3) is 0.136. The summed E-state index contributed by atoms with van der Waals surface area (Å²) in [4.78, 5) is 4.15. The molecule has 0 aliphatic carbocycles. The molecule has 0 radical (unpaired) electrons. The molecule has 1 unspecified atom stereocenters. The molecule has 3 rings (SSSR count). The molecule has 0 fully saturated rings. The minimum absolute atomic E-state index is 0.0820. The summed E-state index contributed by atoms with van der Waals surface area (Å²) in [5.74, 6) is 0.630. The highest BCUT2D eigenvalue weighted by Gasteiger charge is 2.14. The van der Waals surface area contributed by atoms with Crippen molar-refractivity contribution < 1.29 is 9.84 Å². The first kappa shape index (κ1) is 20.8. The van der Waals surface area contributed by atoms with Gasteiger partial charge in [-0.2, -0.15) is 10.4 Å². The Morgan fingerprint density at radius 1 is 1.33 bits per heavy atom. The summed E-state index contributed by atoms with van der Waals surface area (Å²) in [6, 6.07) is 16.5. The van der Waals surface area contributed by atoms with Crippen LogP contribution in [0.4, 0.5) is 0 Å². The third-order valence-corrected chi connectivity index (χ3v) is 4.37. The molecule has 8 nitrogen and oxygen atoms in total. The van der Waals surface area contributed by atoms with Crippen molar-refractivity contribution in [2.45, 2.75) is 6.10 Å². The second kappa shape index (κ2) is 9.52. The largest absolute Gasteiger partial charge is 0.437 e. The van der Waals surface area contributed by atoms with Gasteiger partial charge in [0.15, 0.2) is 5.75 Å². The molecule has 0 aliphatic rings. The molecule has 2 aromatic carbocycles. The number of aromatic nitrogens is 2. The molecule has 0 spiro atoms. The molecule has 30 heavy (non-hydrogen) atoms. The number of hydrogen-bond donors (Lipinski definition) is 3. The lowest BCUT2D eigenvalue weighted by molar-refractivity contribution is 0.186. The summed E-state index contributed by atoms with van der Waals surface area (Å²) in [6.07, 6.45) is 3.98. The van der Waals surface area contributed by atoms with E-state index in [4.69, 9.17) is 16.2 Å². The van der Waals surface area contributed by atoms with Crippen LogP contribution in [-0.4, -0.2) is 34.4 Å². The number of nitrogens with two attached hydrogens (primary N) is 2. The first-order valence-corrected chi connectivity index (χ1v) is 9.20. The average Bonchev–Trinajstić information content (AvgIpc) is 3.28. The molecule has 152 valence electrons. The van der Waals surface area contributed by atoms with E-state index in [1.165, 1.54) is 6.20 Å². The van der Waals surface area contributed by atoms with Crippen LogP contribution in [0.5, 0.6) is 5.75 Å². The molecular weight excluding hydrogens is 380 g/mol. The lowest BCUT2D eigenvalue weighted by Gasteiger charge is -2.12. The smallest absolute Gasteiger partial charge is 0.216 e. The van der Waals surface area contributed by atoms with Gasteiger partial charge in [-0.1, -0.05) is 30.3 Å². The Kier molecular flexibility index (Phi) is 6.60. The van der Waals surface area contributed by atoms with Crippen LogP contribution < -0.4 is 16.2 Å². The van der Waals surface area contributed by atoms with Gasteiger partial charge in [-0.25, -0.2) is 4.68 Å². The van der Waals surface area contributed by atoms with E-state index in [0.29, 0.717) is 28.3 Å². The van der Waals surface area contributed by atoms with Gasteiger partial charge in [0, 0.05) is 43.2 Å². The number of aliphatic hydroxyl groups excluding tert-OH is 1. The van der Waals surface area contributed by atoms with Crippen molar-refractivity contribution in [2.24, 2.45) is 16.5 Å². The third-order valence-electron chi connectivity index (χ3n) is 4.37. The lowest BCUT2D eigenvalue weighted by atomic mass is 10.1. The maximum absolute atomic E-state index is 9.94. The van der Waals surface area contributed by atoms with Crippen molar-refractivity contribution in [3.8, 4) is 17.5 Å². The Labute approximate surface area is 174 Å². The van der Waals surface area contributed by atoms with Crippen LogP contribution in [0.2, 0.25) is 0 Å². The number of aliphatic imine (C=N–C) groups is 1. The van der Waals surface area contributed by atoms with Crippen molar-refractivity contribution in [3.63, 3.8) is 0 Å². The molecular formula is C22H22N6O2. The maximum Gasteiger partial charge on any atom is 0.216 e. The van der Waals surface area contributed by atoms with Gasteiger partial charge in [-0.15, -0.1) is 0 Å². The molecule has 3 aromatic rings. The number of hydrogen-bond acceptors (Lipinski definition) is 7. The van der Waals surface area contributed by atoms with Crippen LogP contribution in [0.1, 0.15) is 22.8 Å². The summed E-state index contributed by atoms with van der Waals surface area (Å²) in [7, 11) is 1.58.